The Morgan fingerprint density at radius 3 is 2.66 bits per heavy atom. The van der Waals surface area contributed by atoms with Crippen LogP contribution in [0.5, 0.6) is 0 Å². The maximum absolute atomic E-state index is 12.4. The Hall–Kier alpha value is -2.90. The summed E-state index contributed by atoms with van der Waals surface area (Å²) in [6.07, 6.45) is 1.76. The highest BCUT2D eigenvalue weighted by Gasteiger charge is 2.42. The van der Waals surface area contributed by atoms with Crippen LogP contribution >= 0.6 is 23.8 Å². The number of ether oxygens (including phenoxy) is 1. The molecule has 0 radical (unpaired) electrons. The van der Waals surface area contributed by atoms with Crippen LogP contribution in [0.2, 0.25) is 5.02 Å². The zero-order valence-electron chi connectivity index (χ0n) is 18.2. The number of hydrogen-bond acceptors (Lipinski definition) is 4. The molecular weight excluding hydrogens is 444 g/mol. The first kappa shape index (κ1) is 22.3. The number of esters is 1. The molecule has 32 heavy (non-hydrogen) atoms. The Bertz CT molecular complexity index is 1150. The summed E-state index contributed by atoms with van der Waals surface area (Å²) < 4.78 is 7.35. The van der Waals surface area contributed by atoms with Crippen molar-refractivity contribution in [1.29, 1.82) is 0 Å². The van der Waals surface area contributed by atoms with Gasteiger partial charge in [0.2, 0.25) is 0 Å². The van der Waals surface area contributed by atoms with Crippen LogP contribution in [0.15, 0.2) is 54.7 Å². The fourth-order valence-corrected chi connectivity index (χ4v) is 4.88. The summed E-state index contributed by atoms with van der Waals surface area (Å²) in [5, 5.41) is 4.55. The van der Waals surface area contributed by atoms with Gasteiger partial charge in [-0.15, -0.1) is 0 Å². The predicted molar refractivity (Wildman–Crippen MR) is 129 cm³/mol. The summed E-state index contributed by atoms with van der Waals surface area (Å²) in [6.45, 7) is 6.28. The number of aryl methyl sites for hydroxylation is 1. The van der Waals surface area contributed by atoms with Gasteiger partial charge in [0.15, 0.2) is 5.11 Å². The number of hydrogen-bond donors (Lipinski definition) is 1. The highest BCUT2D eigenvalue weighted by atomic mass is 35.5. The molecule has 0 aliphatic carbocycles. The summed E-state index contributed by atoms with van der Waals surface area (Å²) in [6, 6.07) is 15.2. The van der Waals surface area contributed by atoms with Crippen molar-refractivity contribution >= 4 is 34.9 Å². The maximum Gasteiger partial charge on any atom is 0.325 e. The minimum atomic E-state index is -0.316. The van der Waals surface area contributed by atoms with Crippen molar-refractivity contribution in [2.75, 3.05) is 13.2 Å². The maximum atomic E-state index is 12.4. The van der Waals surface area contributed by atoms with E-state index in [1.165, 1.54) is 0 Å². The third-order valence-corrected chi connectivity index (χ3v) is 6.36. The van der Waals surface area contributed by atoms with Crippen LogP contribution in [-0.4, -0.2) is 38.7 Å². The summed E-state index contributed by atoms with van der Waals surface area (Å²) in [4.78, 5) is 18.9. The van der Waals surface area contributed by atoms with E-state index in [0.29, 0.717) is 16.7 Å². The van der Waals surface area contributed by atoms with E-state index >= 15 is 0 Å². The van der Waals surface area contributed by atoms with E-state index in [0.717, 1.165) is 28.3 Å². The van der Waals surface area contributed by atoms with Gasteiger partial charge >= 0.3 is 5.97 Å². The first-order chi connectivity index (χ1) is 15.4. The molecule has 2 aromatic heterocycles. The van der Waals surface area contributed by atoms with Gasteiger partial charge in [-0.25, -0.2) is 0 Å². The Labute approximate surface area is 198 Å². The van der Waals surface area contributed by atoms with E-state index in [1.54, 1.807) is 13.1 Å². The molecule has 3 aromatic rings. The van der Waals surface area contributed by atoms with Gasteiger partial charge in [0.1, 0.15) is 6.54 Å². The van der Waals surface area contributed by atoms with Crippen molar-refractivity contribution in [3.63, 3.8) is 0 Å². The summed E-state index contributed by atoms with van der Waals surface area (Å²) in [7, 11) is 0. The van der Waals surface area contributed by atoms with Crippen LogP contribution in [0.3, 0.4) is 0 Å². The molecule has 1 aromatic carbocycles. The number of rotatable bonds is 6. The standard InChI is InChI=1S/C24H25ClN4O2S/c1-4-31-21(30)14-28-23(22(27-24(28)32)19-10-7-8-12-26-19)17-13-15(2)29(16(17)3)20-11-6-5-9-18(20)25/h5-13,22-23H,4,14H2,1-3H3,(H,27,32)/t22-,23-/m0/s1. The Kier molecular flexibility index (Phi) is 6.48. The number of aromatic nitrogens is 2. The van der Waals surface area contributed by atoms with Crippen LogP contribution in [-0.2, 0) is 9.53 Å². The van der Waals surface area contributed by atoms with Gasteiger partial charge in [0.25, 0.3) is 0 Å². The van der Waals surface area contributed by atoms with Crippen LogP contribution in [0.4, 0.5) is 0 Å². The number of halogens is 1. The number of thiocarbonyl (C=S) groups is 1. The second-order valence-corrected chi connectivity index (χ2v) is 8.47. The number of pyridine rings is 1. The second kappa shape index (κ2) is 9.30. The molecule has 4 rings (SSSR count). The van der Waals surface area contributed by atoms with Gasteiger partial charge in [-0.3, -0.25) is 9.78 Å². The zero-order valence-corrected chi connectivity index (χ0v) is 19.8. The van der Waals surface area contributed by atoms with Crippen LogP contribution in [0.1, 0.15) is 41.7 Å². The van der Waals surface area contributed by atoms with Crippen molar-refractivity contribution in [1.82, 2.24) is 19.8 Å². The lowest BCUT2D eigenvalue weighted by Gasteiger charge is -2.27. The predicted octanol–water partition coefficient (Wildman–Crippen LogP) is 4.68. The minimum Gasteiger partial charge on any atom is -0.465 e. The van der Waals surface area contributed by atoms with Crippen molar-refractivity contribution < 1.29 is 9.53 Å². The molecule has 0 unspecified atom stereocenters. The molecule has 0 saturated carbocycles. The number of benzene rings is 1. The normalized spacial score (nSPS) is 18.0. The van der Waals surface area contributed by atoms with Gasteiger partial charge < -0.3 is 19.5 Å². The topological polar surface area (TPSA) is 59.4 Å². The fourth-order valence-electron chi connectivity index (χ4n) is 4.35. The molecule has 1 aliphatic rings. The molecule has 1 N–H and O–H groups in total. The summed E-state index contributed by atoms with van der Waals surface area (Å²) in [5.74, 6) is -0.316. The molecule has 2 atom stereocenters. The summed E-state index contributed by atoms with van der Waals surface area (Å²) >= 11 is 12.2. The summed E-state index contributed by atoms with van der Waals surface area (Å²) in [5.41, 5.74) is 4.89. The number of nitrogens with zero attached hydrogens (tertiary/aromatic N) is 3. The molecule has 166 valence electrons. The van der Waals surface area contributed by atoms with E-state index in [4.69, 9.17) is 28.6 Å². The SMILES string of the molecule is CCOC(=O)CN1C(=S)N[C@@H](c2ccccn2)[C@@H]1c1cc(C)n(-c2ccccc2Cl)c1C. The Morgan fingerprint density at radius 2 is 1.97 bits per heavy atom. The van der Waals surface area contributed by atoms with E-state index in [1.807, 2.05) is 54.3 Å². The number of carbonyl (C=O) groups excluding carboxylic acids is 1. The Morgan fingerprint density at radius 1 is 1.22 bits per heavy atom. The molecule has 0 bridgehead atoms. The average molecular weight is 469 g/mol. The monoisotopic (exact) mass is 468 g/mol. The third kappa shape index (κ3) is 4.10. The first-order valence-corrected chi connectivity index (χ1v) is 11.3. The zero-order chi connectivity index (χ0) is 22.8. The van der Waals surface area contributed by atoms with Gasteiger partial charge in [0, 0.05) is 17.6 Å². The van der Waals surface area contributed by atoms with Crippen LogP contribution < -0.4 is 5.32 Å². The number of para-hydroxylation sites is 1. The fraction of sp³-hybridized carbons (Fsp3) is 0.292. The minimum absolute atomic E-state index is 0.0590. The molecule has 1 aliphatic heterocycles. The largest absolute Gasteiger partial charge is 0.465 e. The van der Waals surface area contributed by atoms with Crippen molar-refractivity contribution in [2.24, 2.45) is 0 Å². The molecule has 3 heterocycles. The Balaban J connectivity index is 1.83. The highest BCUT2D eigenvalue weighted by molar-refractivity contribution is 7.80. The van der Waals surface area contributed by atoms with Gasteiger partial charge in [-0.05, 0) is 68.9 Å². The molecule has 0 amide bonds. The van der Waals surface area contributed by atoms with Crippen LogP contribution in [0, 0.1) is 13.8 Å². The molecule has 0 spiro atoms. The van der Waals surface area contributed by atoms with Crippen molar-refractivity contribution in [3.05, 3.63) is 82.4 Å². The molecule has 6 nitrogen and oxygen atoms in total. The third-order valence-electron chi connectivity index (χ3n) is 5.68. The van der Waals surface area contributed by atoms with E-state index in [9.17, 15) is 4.79 Å². The van der Waals surface area contributed by atoms with E-state index in [-0.39, 0.29) is 24.6 Å². The van der Waals surface area contributed by atoms with Gasteiger partial charge in [0.05, 0.1) is 35.1 Å². The smallest absolute Gasteiger partial charge is 0.325 e. The first-order valence-electron chi connectivity index (χ1n) is 10.5. The van der Waals surface area contributed by atoms with Gasteiger partial charge in [-0.1, -0.05) is 29.8 Å². The quantitative estimate of drug-likeness (QED) is 0.418. The second-order valence-electron chi connectivity index (χ2n) is 7.67. The van der Waals surface area contributed by atoms with Crippen LogP contribution in [0.25, 0.3) is 5.69 Å². The van der Waals surface area contributed by atoms with Crippen molar-refractivity contribution in [3.8, 4) is 5.69 Å². The molecule has 8 heteroatoms. The van der Waals surface area contributed by atoms with E-state index in [2.05, 4.69) is 27.9 Å². The molecule has 1 saturated heterocycles. The lowest BCUT2D eigenvalue weighted by Crippen LogP contribution is -2.35. The lowest BCUT2D eigenvalue weighted by atomic mass is 9.97. The van der Waals surface area contributed by atoms with Crippen molar-refractivity contribution in [2.45, 2.75) is 32.9 Å². The highest BCUT2D eigenvalue weighted by Crippen LogP contribution is 2.41. The van der Waals surface area contributed by atoms with E-state index < -0.39 is 0 Å². The number of carbonyl (C=O) groups is 1. The number of nitrogens with one attached hydrogen (secondary N) is 1. The molecular formula is C24H25ClN4O2S. The lowest BCUT2D eigenvalue weighted by molar-refractivity contribution is -0.143. The van der Waals surface area contributed by atoms with Gasteiger partial charge in [-0.2, -0.15) is 0 Å². The molecule has 1 fully saturated rings. The average Bonchev–Trinajstić information content (AvgIpc) is 3.25.